The first-order valence-corrected chi connectivity index (χ1v) is 5.75. The molecule has 1 atom stereocenters. The fraction of sp³-hybridized carbons (Fsp3) is 0.545. The summed E-state index contributed by atoms with van der Waals surface area (Å²) in [4.78, 5) is 11.2. The van der Waals surface area contributed by atoms with E-state index in [1.807, 2.05) is 6.92 Å². The van der Waals surface area contributed by atoms with Crippen molar-refractivity contribution in [1.82, 2.24) is 5.32 Å². The number of alkyl halides is 1. The molecule has 0 radical (unpaired) electrons. The third kappa shape index (κ3) is 4.57. The molecule has 1 aromatic heterocycles. The van der Waals surface area contributed by atoms with Crippen LogP contribution >= 0.6 is 11.6 Å². The van der Waals surface area contributed by atoms with E-state index < -0.39 is 6.09 Å². The van der Waals surface area contributed by atoms with Crippen LogP contribution in [0.25, 0.3) is 0 Å². The highest BCUT2D eigenvalue weighted by Crippen LogP contribution is 2.19. The largest absolute Gasteiger partial charge is 0.468 e. The fourth-order valence-corrected chi connectivity index (χ4v) is 1.30. The second-order valence-electron chi connectivity index (χ2n) is 3.35. The van der Waals surface area contributed by atoms with Crippen LogP contribution in [-0.4, -0.2) is 19.2 Å². The first-order chi connectivity index (χ1) is 7.74. The molecule has 0 fully saturated rings. The van der Waals surface area contributed by atoms with E-state index >= 15 is 0 Å². The standard InChI is InChI=1S/C11H16ClNO3/c1-2-3-6-16-11(14)13-8-9(12)10-5-4-7-15-10/h4-5,7,9H,2-3,6,8H2,1H3,(H,13,14). The molecular formula is C11H16ClNO3. The van der Waals surface area contributed by atoms with Gasteiger partial charge in [0.25, 0.3) is 0 Å². The van der Waals surface area contributed by atoms with E-state index in [9.17, 15) is 4.79 Å². The molecule has 16 heavy (non-hydrogen) atoms. The third-order valence-electron chi connectivity index (χ3n) is 2.01. The number of nitrogens with one attached hydrogen (secondary N) is 1. The lowest BCUT2D eigenvalue weighted by molar-refractivity contribution is 0.144. The Labute approximate surface area is 99.9 Å². The Morgan fingerprint density at radius 3 is 3.12 bits per heavy atom. The van der Waals surface area contributed by atoms with Gasteiger partial charge in [-0.1, -0.05) is 13.3 Å². The van der Waals surface area contributed by atoms with Crippen molar-refractivity contribution in [2.45, 2.75) is 25.1 Å². The van der Waals surface area contributed by atoms with Crippen LogP contribution in [0.1, 0.15) is 30.9 Å². The molecule has 1 rings (SSSR count). The summed E-state index contributed by atoms with van der Waals surface area (Å²) in [6.07, 6.45) is 2.98. The number of hydrogen-bond acceptors (Lipinski definition) is 3. The molecule has 0 aliphatic carbocycles. The normalized spacial score (nSPS) is 12.1. The number of rotatable bonds is 6. The lowest BCUT2D eigenvalue weighted by atomic mass is 10.3. The topological polar surface area (TPSA) is 51.5 Å². The van der Waals surface area contributed by atoms with E-state index in [1.165, 1.54) is 0 Å². The van der Waals surface area contributed by atoms with Crippen molar-refractivity contribution in [2.75, 3.05) is 13.2 Å². The Balaban J connectivity index is 2.16. The van der Waals surface area contributed by atoms with Gasteiger partial charge in [-0.15, -0.1) is 11.6 Å². The smallest absolute Gasteiger partial charge is 0.407 e. The van der Waals surface area contributed by atoms with Gasteiger partial charge in [0.2, 0.25) is 0 Å². The molecule has 0 aromatic carbocycles. The number of ether oxygens (including phenoxy) is 1. The fourth-order valence-electron chi connectivity index (χ4n) is 1.10. The van der Waals surface area contributed by atoms with Crippen LogP contribution < -0.4 is 5.32 Å². The molecule has 0 aliphatic rings. The number of carbonyl (C=O) groups excluding carboxylic acids is 1. The van der Waals surface area contributed by atoms with Crippen molar-refractivity contribution < 1.29 is 13.9 Å². The summed E-state index contributed by atoms with van der Waals surface area (Å²) in [6, 6.07) is 3.52. The van der Waals surface area contributed by atoms with Gasteiger partial charge in [0.15, 0.2) is 0 Å². The number of amides is 1. The van der Waals surface area contributed by atoms with Gasteiger partial charge in [0.1, 0.15) is 11.1 Å². The van der Waals surface area contributed by atoms with Crippen LogP contribution in [0, 0.1) is 0 Å². The lowest BCUT2D eigenvalue weighted by Crippen LogP contribution is -2.27. The minimum Gasteiger partial charge on any atom is -0.468 e. The number of unbranched alkanes of at least 4 members (excludes halogenated alkanes) is 1. The molecule has 0 aliphatic heterocycles. The molecule has 0 spiro atoms. The van der Waals surface area contributed by atoms with Gasteiger partial charge in [-0.25, -0.2) is 4.79 Å². The molecule has 5 heteroatoms. The minimum absolute atomic E-state index is 0.292. The third-order valence-corrected chi connectivity index (χ3v) is 2.38. The zero-order chi connectivity index (χ0) is 11.8. The molecule has 1 amide bonds. The van der Waals surface area contributed by atoms with Gasteiger partial charge >= 0.3 is 6.09 Å². The first kappa shape index (κ1) is 12.9. The summed E-state index contributed by atoms with van der Waals surface area (Å²) in [5, 5.41) is 2.21. The summed E-state index contributed by atoms with van der Waals surface area (Å²) in [7, 11) is 0. The average molecular weight is 246 g/mol. The summed E-state index contributed by atoms with van der Waals surface area (Å²) < 4.78 is 10.0. The summed E-state index contributed by atoms with van der Waals surface area (Å²) in [5.74, 6) is 0.635. The van der Waals surface area contributed by atoms with Crippen LogP contribution in [-0.2, 0) is 4.74 Å². The molecule has 0 saturated heterocycles. The number of furan rings is 1. The van der Waals surface area contributed by atoms with Gasteiger partial charge < -0.3 is 14.5 Å². The maximum atomic E-state index is 11.2. The van der Waals surface area contributed by atoms with Gasteiger partial charge in [0, 0.05) is 6.54 Å². The molecule has 1 unspecified atom stereocenters. The summed E-state index contributed by atoms with van der Waals surface area (Å²) >= 11 is 5.99. The van der Waals surface area contributed by atoms with Crippen molar-refractivity contribution >= 4 is 17.7 Å². The van der Waals surface area contributed by atoms with E-state index in [1.54, 1.807) is 18.4 Å². The highest BCUT2D eigenvalue weighted by Gasteiger charge is 2.12. The monoisotopic (exact) mass is 245 g/mol. The van der Waals surface area contributed by atoms with Crippen molar-refractivity contribution in [3.8, 4) is 0 Å². The van der Waals surface area contributed by atoms with Gasteiger partial charge in [-0.3, -0.25) is 0 Å². The highest BCUT2D eigenvalue weighted by atomic mass is 35.5. The van der Waals surface area contributed by atoms with E-state index in [0.717, 1.165) is 12.8 Å². The van der Waals surface area contributed by atoms with Crippen molar-refractivity contribution in [1.29, 1.82) is 0 Å². The summed E-state index contributed by atoms with van der Waals surface area (Å²) in [6.45, 7) is 2.77. The zero-order valence-corrected chi connectivity index (χ0v) is 10.00. The number of carbonyl (C=O) groups is 1. The molecule has 4 nitrogen and oxygen atoms in total. The van der Waals surface area contributed by atoms with Crippen LogP contribution in [0.4, 0.5) is 4.79 Å². The summed E-state index contributed by atoms with van der Waals surface area (Å²) in [5.41, 5.74) is 0. The van der Waals surface area contributed by atoms with Crippen molar-refractivity contribution in [3.05, 3.63) is 24.2 Å². The lowest BCUT2D eigenvalue weighted by Gasteiger charge is -2.09. The molecule has 1 heterocycles. The maximum absolute atomic E-state index is 11.2. The van der Waals surface area contributed by atoms with Gasteiger partial charge in [-0.05, 0) is 18.6 Å². The quantitative estimate of drug-likeness (QED) is 0.619. The second-order valence-corrected chi connectivity index (χ2v) is 3.88. The van der Waals surface area contributed by atoms with Gasteiger partial charge in [0.05, 0.1) is 12.9 Å². The number of halogens is 1. The van der Waals surface area contributed by atoms with E-state index in [0.29, 0.717) is 18.9 Å². The Bertz CT molecular complexity index is 300. The number of hydrogen-bond donors (Lipinski definition) is 1. The van der Waals surface area contributed by atoms with Crippen LogP contribution in [0.15, 0.2) is 22.8 Å². The molecule has 0 bridgehead atoms. The predicted molar refractivity (Wildman–Crippen MR) is 61.6 cm³/mol. The minimum atomic E-state index is -0.439. The predicted octanol–water partition coefficient (Wildman–Crippen LogP) is 3.09. The Hall–Kier alpha value is -1.16. The first-order valence-electron chi connectivity index (χ1n) is 5.32. The molecule has 90 valence electrons. The van der Waals surface area contributed by atoms with Crippen LogP contribution in [0.5, 0.6) is 0 Å². The highest BCUT2D eigenvalue weighted by molar-refractivity contribution is 6.20. The van der Waals surface area contributed by atoms with E-state index in [4.69, 9.17) is 20.8 Å². The zero-order valence-electron chi connectivity index (χ0n) is 9.24. The Morgan fingerprint density at radius 1 is 1.69 bits per heavy atom. The van der Waals surface area contributed by atoms with Crippen LogP contribution in [0.2, 0.25) is 0 Å². The number of alkyl carbamates (subject to hydrolysis) is 1. The van der Waals surface area contributed by atoms with Crippen LogP contribution in [0.3, 0.4) is 0 Å². The van der Waals surface area contributed by atoms with E-state index in [2.05, 4.69) is 5.32 Å². The molecule has 1 aromatic rings. The van der Waals surface area contributed by atoms with Crippen molar-refractivity contribution in [3.63, 3.8) is 0 Å². The van der Waals surface area contributed by atoms with Crippen molar-refractivity contribution in [2.24, 2.45) is 0 Å². The Kier molecular flexibility index (Phi) is 5.78. The van der Waals surface area contributed by atoms with E-state index in [-0.39, 0.29) is 5.38 Å². The SMILES string of the molecule is CCCCOC(=O)NCC(Cl)c1ccco1. The van der Waals surface area contributed by atoms with Gasteiger partial charge in [-0.2, -0.15) is 0 Å². The average Bonchev–Trinajstić information content (AvgIpc) is 2.79. The Morgan fingerprint density at radius 2 is 2.50 bits per heavy atom. The molecule has 1 N–H and O–H groups in total. The second kappa shape index (κ2) is 7.17. The molecular weight excluding hydrogens is 230 g/mol. The maximum Gasteiger partial charge on any atom is 0.407 e. The molecule has 0 saturated carbocycles.